The molecule has 8 rings (SSSR count). The van der Waals surface area contributed by atoms with Crippen molar-refractivity contribution in [2.24, 2.45) is 63.1 Å². The van der Waals surface area contributed by atoms with Gasteiger partial charge in [-0.05, 0) is 123 Å². The predicted octanol–water partition coefficient (Wildman–Crippen LogP) is 4.16. The van der Waals surface area contributed by atoms with Gasteiger partial charge in [0.05, 0.1) is 12.2 Å². The van der Waals surface area contributed by atoms with E-state index in [0.29, 0.717) is 32.1 Å². The van der Waals surface area contributed by atoms with Crippen LogP contribution in [0.25, 0.3) is 0 Å². The maximum atomic E-state index is 12.9. The quantitative estimate of drug-likeness (QED) is 0.252. The standard InChI is InChI=1S/C23H32O6.C22H30O5/c1-13(24)29-12-19(27)23(28)9-7-17-16-5-4-14-10-15(25)6-8-21(14,2)20(16)18(26)11-22(17,23)3;1-12-8-14-15-5-7-22(27,18(26)11-23)21(15,3)10-17(25)19(14)20(2)6-4-13(24)9-16(12)20/h10,16-18,20,26,28H,4-9,11-12H2,1-3H3;4,6,9,12,14-15,17,19,23,25,27H,5,7-8,10-11H2,1-3H3/t16-,17-,18-,20+,21-,22-,23-;12-,14-,15-,17-,19+,20-,21-,22-/m00/s1. The van der Waals surface area contributed by atoms with Gasteiger partial charge in [0, 0.05) is 35.5 Å². The van der Waals surface area contributed by atoms with E-state index in [9.17, 15) is 49.5 Å². The van der Waals surface area contributed by atoms with Crippen LogP contribution in [0.1, 0.15) is 112 Å². The van der Waals surface area contributed by atoms with Crippen molar-refractivity contribution in [3.8, 4) is 0 Å². The normalized spacial score (nSPS) is 48.7. The van der Waals surface area contributed by atoms with Crippen molar-refractivity contribution in [3.05, 3.63) is 35.5 Å². The largest absolute Gasteiger partial charge is 0.458 e. The predicted molar refractivity (Wildman–Crippen MR) is 204 cm³/mol. The summed E-state index contributed by atoms with van der Waals surface area (Å²) in [4.78, 5) is 60.3. The Labute approximate surface area is 330 Å². The van der Waals surface area contributed by atoms with Crippen molar-refractivity contribution >= 4 is 29.1 Å². The zero-order valence-electron chi connectivity index (χ0n) is 33.9. The van der Waals surface area contributed by atoms with Gasteiger partial charge in [0.2, 0.25) is 5.78 Å². The van der Waals surface area contributed by atoms with Crippen LogP contribution in [-0.4, -0.2) is 91.3 Å². The number of aliphatic hydroxyl groups is 5. The number of carbonyl (C=O) groups is 5. The zero-order valence-corrected chi connectivity index (χ0v) is 33.9. The van der Waals surface area contributed by atoms with Crippen LogP contribution in [0.2, 0.25) is 0 Å². The molecule has 0 aromatic rings. The lowest BCUT2D eigenvalue weighted by Crippen LogP contribution is -2.62. The van der Waals surface area contributed by atoms with Gasteiger partial charge in [-0.1, -0.05) is 51.8 Å². The Morgan fingerprint density at radius 3 is 2.00 bits per heavy atom. The highest BCUT2D eigenvalue weighted by atomic mass is 16.5. The summed E-state index contributed by atoms with van der Waals surface area (Å²) in [7, 11) is 0. The van der Waals surface area contributed by atoms with Crippen molar-refractivity contribution in [2.75, 3.05) is 13.2 Å². The van der Waals surface area contributed by atoms with Crippen molar-refractivity contribution in [1.29, 1.82) is 0 Å². The summed E-state index contributed by atoms with van der Waals surface area (Å²) in [5.41, 5.74) is -2.95. The Balaban J connectivity index is 0.000000172. The molecule has 0 radical (unpaired) electrons. The smallest absolute Gasteiger partial charge is 0.303 e. The molecule has 8 aliphatic rings. The highest BCUT2D eigenvalue weighted by Crippen LogP contribution is 2.69. The number of rotatable bonds is 5. The van der Waals surface area contributed by atoms with Gasteiger partial charge in [0.1, 0.15) is 17.8 Å². The molecule has 0 aromatic carbocycles. The second-order valence-electron chi connectivity index (χ2n) is 19.9. The molecule has 5 N–H and O–H groups in total. The molecule has 11 heteroatoms. The summed E-state index contributed by atoms with van der Waals surface area (Å²) < 4.78 is 4.89. The second-order valence-corrected chi connectivity index (χ2v) is 19.9. The molecule has 6 saturated carbocycles. The molecule has 0 heterocycles. The SMILES string of the molecule is CC(=O)OCC(=O)[C@@]1(O)CC[C@H]2[C@@H]3CCC4=CC(=O)CC[C@]4(C)[C@H]3[C@@H](O)C[C@@]21C.C[C@H]1C[C@@H]2[C@H]([C@@H](O)C[C@@]3(C)[C@H]2CC[C@]3(O)C(=O)CO)[C@@]2(C)C=CC(=O)C=C12. The van der Waals surface area contributed by atoms with Gasteiger partial charge in [-0.2, -0.15) is 0 Å². The van der Waals surface area contributed by atoms with E-state index in [-0.39, 0.29) is 63.8 Å². The first-order valence-electron chi connectivity index (χ1n) is 20.9. The minimum Gasteiger partial charge on any atom is -0.458 e. The number of esters is 1. The Morgan fingerprint density at radius 1 is 0.804 bits per heavy atom. The molecule has 308 valence electrons. The van der Waals surface area contributed by atoms with Crippen LogP contribution in [0.3, 0.4) is 0 Å². The summed E-state index contributed by atoms with van der Waals surface area (Å²) in [6, 6.07) is 0. The van der Waals surface area contributed by atoms with Crippen LogP contribution in [0, 0.1) is 63.1 Å². The van der Waals surface area contributed by atoms with Gasteiger partial charge in [0.25, 0.3) is 0 Å². The Morgan fingerprint density at radius 2 is 1.39 bits per heavy atom. The third-order valence-electron chi connectivity index (χ3n) is 17.5. The summed E-state index contributed by atoms with van der Waals surface area (Å²) in [5.74, 6) is -0.539. The first-order chi connectivity index (χ1) is 26.1. The summed E-state index contributed by atoms with van der Waals surface area (Å²) in [6.07, 6.45) is 12.4. The third kappa shape index (κ3) is 5.79. The van der Waals surface area contributed by atoms with Crippen LogP contribution in [0.15, 0.2) is 35.5 Å². The summed E-state index contributed by atoms with van der Waals surface area (Å²) >= 11 is 0. The average Bonchev–Trinajstić information content (AvgIpc) is 3.56. The minimum absolute atomic E-state index is 0.00620. The number of ether oxygens (including phenoxy) is 1. The van der Waals surface area contributed by atoms with Crippen LogP contribution in [0.5, 0.6) is 0 Å². The van der Waals surface area contributed by atoms with Crippen molar-refractivity contribution in [2.45, 2.75) is 136 Å². The highest BCUT2D eigenvalue weighted by Gasteiger charge is 2.70. The van der Waals surface area contributed by atoms with Gasteiger partial charge in [0.15, 0.2) is 24.0 Å². The van der Waals surface area contributed by atoms with E-state index in [1.165, 1.54) is 6.92 Å². The molecule has 56 heavy (non-hydrogen) atoms. The van der Waals surface area contributed by atoms with Gasteiger partial charge in [-0.15, -0.1) is 0 Å². The average molecular weight is 779 g/mol. The molecule has 0 amide bonds. The van der Waals surface area contributed by atoms with Crippen molar-refractivity contribution in [1.82, 2.24) is 0 Å². The number of hydrogen-bond donors (Lipinski definition) is 5. The van der Waals surface area contributed by atoms with Crippen LogP contribution in [-0.2, 0) is 28.7 Å². The molecular formula is C45H62O11. The molecule has 6 fully saturated rings. The lowest BCUT2D eigenvalue weighted by molar-refractivity contribution is -0.184. The van der Waals surface area contributed by atoms with E-state index in [2.05, 4.69) is 20.8 Å². The topological polar surface area (TPSA) is 196 Å². The van der Waals surface area contributed by atoms with E-state index < -0.39 is 65.0 Å². The van der Waals surface area contributed by atoms with Crippen LogP contribution < -0.4 is 0 Å². The fraction of sp³-hybridized carbons (Fsp3) is 0.756. The van der Waals surface area contributed by atoms with Gasteiger partial charge in [-0.3, -0.25) is 24.0 Å². The highest BCUT2D eigenvalue weighted by molar-refractivity contribution is 6.01. The van der Waals surface area contributed by atoms with E-state index in [4.69, 9.17) is 4.74 Å². The van der Waals surface area contributed by atoms with E-state index in [1.54, 1.807) is 18.2 Å². The fourth-order valence-electron chi connectivity index (χ4n) is 14.8. The van der Waals surface area contributed by atoms with E-state index in [1.807, 2.05) is 19.9 Å². The number of ketones is 4. The first-order valence-corrected chi connectivity index (χ1v) is 20.9. The number of hydrogen-bond acceptors (Lipinski definition) is 11. The van der Waals surface area contributed by atoms with Gasteiger partial charge < -0.3 is 30.3 Å². The Kier molecular flexibility index (Phi) is 10.3. The number of fused-ring (bicyclic) bond motifs is 10. The minimum atomic E-state index is -1.58. The third-order valence-corrected chi connectivity index (χ3v) is 17.5. The number of allylic oxidation sites excluding steroid dienone is 5. The van der Waals surface area contributed by atoms with E-state index in [0.717, 1.165) is 49.7 Å². The summed E-state index contributed by atoms with van der Waals surface area (Å²) in [6.45, 7) is 10.4. The van der Waals surface area contributed by atoms with Crippen molar-refractivity contribution in [3.63, 3.8) is 0 Å². The molecule has 0 saturated heterocycles. The van der Waals surface area contributed by atoms with E-state index >= 15 is 0 Å². The zero-order chi connectivity index (χ0) is 41.0. The molecular weight excluding hydrogens is 716 g/mol. The van der Waals surface area contributed by atoms with Crippen LogP contribution >= 0.6 is 0 Å². The van der Waals surface area contributed by atoms with Crippen LogP contribution in [0.4, 0.5) is 0 Å². The summed E-state index contributed by atoms with van der Waals surface area (Å²) in [5, 5.41) is 54.6. The molecule has 0 unspecified atom stereocenters. The first kappa shape index (κ1) is 41.3. The Bertz CT molecular complexity index is 1800. The molecule has 0 bridgehead atoms. The lowest BCUT2D eigenvalue weighted by atomic mass is 9.45. The monoisotopic (exact) mass is 778 g/mol. The molecule has 8 aliphatic carbocycles. The molecule has 0 spiro atoms. The van der Waals surface area contributed by atoms with Gasteiger partial charge in [-0.25, -0.2) is 0 Å². The maximum absolute atomic E-state index is 12.9. The fourth-order valence-corrected chi connectivity index (χ4v) is 14.8. The second kappa shape index (κ2) is 13.9. The lowest BCUT2D eigenvalue weighted by Gasteiger charge is -2.60. The van der Waals surface area contributed by atoms with Gasteiger partial charge >= 0.3 is 5.97 Å². The Hall–Kier alpha value is -2.83. The molecule has 11 nitrogen and oxygen atoms in total. The molecule has 0 aliphatic heterocycles. The molecule has 15 atom stereocenters. The maximum Gasteiger partial charge on any atom is 0.303 e. The molecule has 0 aromatic heterocycles. The van der Waals surface area contributed by atoms with Crippen molar-refractivity contribution < 1.29 is 54.2 Å². The number of aliphatic hydroxyl groups excluding tert-OH is 3. The number of Topliss-reactive ketones (excluding diaryl/α,β-unsaturated/α-hetero) is 2. The number of carbonyl (C=O) groups excluding carboxylic acids is 5.